The van der Waals surface area contributed by atoms with Crippen LogP contribution in [0.4, 0.5) is 0 Å². The molecule has 1 rings (SSSR count). The van der Waals surface area contributed by atoms with Crippen molar-refractivity contribution in [2.75, 3.05) is 20.1 Å². The van der Waals surface area contributed by atoms with E-state index in [0.717, 1.165) is 6.54 Å². The van der Waals surface area contributed by atoms with Gasteiger partial charge >= 0.3 is 11.9 Å². The van der Waals surface area contributed by atoms with Gasteiger partial charge in [-0.2, -0.15) is 0 Å². The van der Waals surface area contributed by atoms with Crippen LogP contribution in [0.5, 0.6) is 0 Å². The van der Waals surface area contributed by atoms with Crippen molar-refractivity contribution in [1.82, 2.24) is 4.90 Å². The highest BCUT2D eigenvalue weighted by Gasteiger charge is 2.33. The van der Waals surface area contributed by atoms with Gasteiger partial charge in [-0.1, -0.05) is 0 Å². The Morgan fingerprint density at radius 2 is 2.07 bits per heavy atom. The number of aliphatic carboxylic acids is 2. The fraction of sp³-hybridized carbons (Fsp3) is 0.778. The lowest BCUT2D eigenvalue weighted by Gasteiger charge is -2.33. The molecule has 0 radical (unpaired) electrons. The zero-order chi connectivity index (χ0) is 10.7. The minimum Gasteiger partial charge on any atom is -0.481 e. The highest BCUT2D eigenvalue weighted by molar-refractivity contribution is 5.73. The Hall–Kier alpha value is -1.10. The van der Waals surface area contributed by atoms with Gasteiger partial charge in [0.1, 0.15) is 0 Å². The summed E-state index contributed by atoms with van der Waals surface area (Å²) in [5, 5.41) is 17.5. The van der Waals surface area contributed by atoms with Crippen molar-refractivity contribution < 1.29 is 19.8 Å². The minimum atomic E-state index is -0.920. The van der Waals surface area contributed by atoms with Crippen LogP contribution < -0.4 is 0 Å². The average Bonchev–Trinajstić information content (AvgIpc) is 2.01. The third kappa shape index (κ3) is 2.70. The first kappa shape index (κ1) is 11.0. The van der Waals surface area contributed by atoms with Crippen LogP contribution in [0.2, 0.25) is 0 Å². The summed E-state index contributed by atoms with van der Waals surface area (Å²) < 4.78 is 0. The maximum Gasteiger partial charge on any atom is 0.306 e. The molecule has 1 heterocycles. The number of rotatable bonds is 3. The van der Waals surface area contributed by atoms with Crippen LogP contribution in [0.3, 0.4) is 0 Å². The molecule has 1 fully saturated rings. The molecule has 0 aromatic carbocycles. The first-order valence-electron chi connectivity index (χ1n) is 4.64. The van der Waals surface area contributed by atoms with Gasteiger partial charge in [-0.25, -0.2) is 0 Å². The van der Waals surface area contributed by atoms with Crippen LogP contribution in [0.15, 0.2) is 0 Å². The van der Waals surface area contributed by atoms with Crippen molar-refractivity contribution in [3.63, 3.8) is 0 Å². The van der Waals surface area contributed by atoms with Gasteiger partial charge in [0, 0.05) is 6.54 Å². The molecule has 0 saturated carbocycles. The van der Waals surface area contributed by atoms with E-state index in [2.05, 4.69) is 0 Å². The number of hydrogen-bond donors (Lipinski definition) is 2. The summed E-state index contributed by atoms with van der Waals surface area (Å²) in [4.78, 5) is 23.4. The van der Waals surface area contributed by atoms with Gasteiger partial charge in [0.25, 0.3) is 0 Å². The van der Waals surface area contributed by atoms with E-state index >= 15 is 0 Å². The third-order valence-electron chi connectivity index (χ3n) is 2.69. The summed E-state index contributed by atoms with van der Waals surface area (Å²) in [7, 11) is 1.88. The number of carbonyl (C=O) groups is 2. The summed E-state index contributed by atoms with van der Waals surface area (Å²) in [5.74, 6) is -2.55. The largest absolute Gasteiger partial charge is 0.481 e. The van der Waals surface area contributed by atoms with Crippen LogP contribution in [-0.4, -0.2) is 47.2 Å². The molecule has 0 amide bonds. The summed E-state index contributed by atoms with van der Waals surface area (Å²) in [6, 6.07) is 0. The lowest BCUT2D eigenvalue weighted by Crippen LogP contribution is -2.42. The fourth-order valence-electron chi connectivity index (χ4n) is 1.97. The molecule has 5 heteroatoms. The average molecular weight is 201 g/mol. The van der Waals surface area contributed by atoms with Gasteiger partial charge in [-0.3, -0.25) is 9.59 Å². The van der Waals surface area contributed by atoms with Crippen molar-refractivity contribution in [3.8, 4) is 0 Å². The molecule has 2 atom stereocenters. The Morgan fingerprint density at radius 3 is 2.57 bits per heavy atom. The first-order valence-corrected chi connectivity index (χ1v) is 4.64. The van der Waals surface area contributed by atoms with E-state index in [1.54, 1.807) is 0 Å². The Bertz CT molecular complexity index is 241. The molecule has 2 N–H and O–H groups in total. The first-order chi connectivity index (χ1) is 6.50. The van der Waals surface area contributed by atoms with Crippen LogP contribution in [0, 0.1) is 11.8 Å². The zero-order valence-corrected chi connectivity index (χ0v) is 8.14. The van der Waals surface area contributed by atoms with E-state index in [9.17, 15) is 9.59 Å². The summed E-state index contributed by atoms with van der Waals surface area (Å²) in [5.41, 5.74) is 0. The van der Waals surface area contributed by atoms with Crippen LogP contribution in [0.1, 0.15) is 12.8 Å². The monoisotopic (exact) mass is 201 g/mol. The van der Waals surface area contributed by atoms with E-state index in [1.807, 2.05) is 11.9 Å². The van der Waals surface area contributed by atoms with Crippen molar-refractivity contribution >= 4 is 11.9 Å². The normalized spacial score (nSPS) is 28.6. The number of nitrogens with zero attached hydrogens (tertiary/aromatic N) is 1. The van der Waals surface area contributed by atoms with E-state index in [0.29, 0.717) is 13.0 Å². The predicted molar refractivity (Wildman–Crippen MR) is 49.0 cm³/mol. The van der Waals surface area contributed by atoms with Crippen molar-refractivity contribution in [3.05, 3.63) is 0 Å². The molecule has 0 aliphatic carbocycles. The highest BCUT2D eigenvalue weighted by atomic mass is 16.4. The molecule has 0 spiro atoms. The van der Waals surface area contributed by atoms with Crippen LogP contribution >= 0.6 is 0 Å². The molecule has 1 saturated heterocycles. The number of hydrogen-bond acceptors (Lipinski definition) is 3. The number of likely N-dealkylation sites (tertiary alicyclic amines) is 1. The van der Waals surface area contributed by atoms with Crippen molar-refractivity contribution in [2.45, 2.75) is 12.8 Å². The molecule has 0 aromatic rings. The summed E-state index contributed by atoms with van der Waals surface area (Å²) in [6.45, 7) is 1.29. The second-order valence-corrected chi connectivity index (χ2v) is 3.85. The molecule has 0 aromatic heterocycles. The van der Waals surface area contributed by atoms with Gasteiger partial charge in [0.2, 0.25) is 0 Å². The summed E-state index contributed by atoms with van der Waals surface area (Å²) >= 11 is 0. The molecule has 1 aliphatic heterocycles. The second-order valence-electron chi connectivity index (χ2n) is 3.85. The van der Waals surface area contributed by atoms with Crippen LogP contribution in [-0.2, 0) is 9.59 Å². The Labute approximate surface area is 82.3 Å². The Kier molecular flexibility index (Phi) is 3.46. The lowest BCUT2D eigenvalue weighted by atomic mass is 9.83. The van der Waals surface area contributed by atoms with Crippen molar-refractivity contribution in [1.29, 1.82) is 0 Å². The molecule has 1 aliphatic rings. The van der Waals surface area contributed by atoms with Gasteiger partial charge in [-0.05, 0) is 25.9 Å². The van der Waals surface area contributed by atoms with E-state index < -0.39 is 17.9 Å². The summed E-state index contributed by atoms with van der Waals surface area (Å²) in [6.07, 6.45) is 0.491. The van der Waals surface area contributed by atoms with Gasteiger partial charge < -0.3 is 15.1 Å². The van der Waals surface area contributed by atoms with Gasteiger partial charge in [0.15, 0.2) is 0 Å². The van der Waals surface area contributed by atoms with Gasteiger partial charge in [-0.15, -0.1) is 0 Å². The zero-order valence-electron chi connectivity index (χ0n) is 8.14. The maximum atomic E-state index is 10.8. The van der Waals surface area contributed by atoms with E-state index in [-0.39, 0.29) is 12.3 Å². The molecule has 2 unspecified atom stereocenters. The van der Waals surface area contributed by atoms with Crippen molar-refractivity contribution in [2.24, 2.45) is 11.8 Å². The fourth-order valence-corrected chi connectivity index (χ4v) is 1.97. The van der Waals surface area contributed by atoms with Gasteiger partial charge in [0.05, 0.1) is 12.3 Å². The minimum absolute atomic E-state index is 0.0543. The maximum absolute atomic E-state index is 10.8. The molecule has 14 heavy (non-hydrogen) atoms. The number of carboxylic acids is 2. The lowest BCUT2D eigenvalue weighted by molar-refractivity contribution is -0.147. The number of carboxylic acid groups (broad SMARTS) is 2. The Balaban J connectivity index is 2.63. The smallest absolute Gasteiger partial charge is 0.306 e. The molecule has 80 valence electrons. The quantitative estimate of drug-likeness (QED) is 0.677. The molecule has 5 nitrogen and oxygen atoms in total. The standard InChI is InChI=1S/C9H15NO4/c1-10-3-2-7(9(13)14)6(5-10)4-8(11)12/h6-7H,2-5H2,1H3,(H,11,12)(H,13,14). The van der Waals surface area contributed by atoms with E-state index in [1.165, 1.54) is 0 Å². The second kappa shape index (κ2) is 4.41. The van der Waals surface area contributed by atoms with Crippen LogP contribution in [0.25, 0.3) is 0 Å². The topological polar surface area (TPSA) is 77.8 Å². The SMILES string of the molecule is CN1CCC(C(=O)O)C(CC(=O)O)C1. The molecular weight excluding hydrogens is 186 g/mol. The molecule has 0 bridgehead atoms. The highest BCUT2D eigenvalue weighted by Crippen LogP contribution is 2.25. The Morgan fingerprint density at radius 1 is 1.43 bits per heavy atom. The number of piperidine rings is 1. The molecular formula is C9H15NO4. The predicted octanol–water partition coefficient (Wildman–Crippen LogP) is 0.114. The third-order valence-corrected chi connectivity index (χ3v) is 2.69. The van der Waals surface area contributed by atoms with E-state index in [4.69, 9.17) is 10.2 Å².